The number of hydrogen-bond donors (Lipinski definition) is 1. The Hall–Kier alpha value is -1.75. The molecule has 98 valence electrons. The maximum atomic E-state index is 13.6. The minimum atomic E-state index is -0.825. The Morgan fingerprint density at radius 1 is 1.16 bits per heavy atom. The van der Waals surface area contributed by atoms with E-state index in [0.29, 0.717) is 5.56 Å². The molecule has 0 heterocycles. The van der Waals surface area contributed by atoms with Gasteiger partial charge in [-0.2, -0.15) is 0 Å². The van der Waals surface area contributed by atoms with Crippen LogP contribution in [0.2, 0.25) is 0 Å². The molecule has 0 aromatic heterocycles. The number of carbonyl (C=O) groups is 1. The topological polar surface area (TPSA) is 29.1 Å². The fraction of sp³-hybridized carbons (Fsp3) is 0.0714. The number of benzene rings is 2. The molecule has 0 saturated carbocycles. The Morgan fingerprint density at radius 2 is 1.74 bits per heavy atom. The van der Waals surface area contributed by atoms with E-state index in [2.05, 4.69) is 21.2 Å². The third-order valence-electron chi connectivity index (χ3n) is 2.64. The molecule has 0 saturated heterocycles. The zero-order valence-corrected chi connectivity index (χ0v) is 11.6. The van der Waals surface area contributed by atoms with Crippen LogP contribution in [0.4, 0.5) is 14.5 Å². The van der Waals surface area contributed by atoms with Crippen molar-refractivity contribution < 1.29 is 13.6 Å². The van der Waals surface area contributed by atoms with E-state index < -0.39 is 23.2 Å². The van der Waals surface area contributed by atoms with Crippen molar-refractivity contribution >= 4 is 27.5 Å². The lowest BCUT2D eigenvalue weighted by Gasteiger charge is -2.09. The van der Waals surface area contributed by atoms with E-state index in [0.717, 1.165) is 17.7 Å². The van der Waals surface area contributed by atoms with Crippen LogP contribution >= 0.6 is 15.9 Å². The van der Waals surface area contributed by atoms with E-state index in [9.17, 15) is 13.6 Å². The number of hydrogen-bond acceptors (Lipinski definition) is 1. The first-order valence-electron chi connectivity index (χ1n) is 5.50. The van der Waals surface area contributed by atoms with E-state index in [4.69, 9.17) is 0 Å². The van der Waals surface area contributed by atoms with Crippen LogP contribution < -0.4 is 5.32 Å². The summed E-state index contributed by atoms with van der Waals surface area (Å²) in [5.74, 6) is -2.19. The molecule has 0 aliphatic heterocycles. The molecule has 2 nitrogen and oxygen atoms in total. The number of halogens is 3. The molecule has 19 heavy (non-hydrogen) atoms. The van der Waals surface area contributed by atoms with Gasteiger partial charge in [-0.15, -0.1) is 0 Å². The van der Waals surface area contributed by atoms with Crippen LogP contribution in [0.1, 0.15) is 15.9 Å². The van der Waals surface area contributed by atoms with Crippen molar-refractivity contribution in [3.05, 3.63) is 63.6 Å². The maximum absolute atomic E-state index is 13.6. The van der Waals surface area contributed by atoms with Crippen molar-refractivity contribution in [2.75, 3.05) is 5.32 Å². The molecule has 1 N–H and O–H groups in total. The van der Waals surface area contributed by atoms with E-state index in [1.807, 2.05) is 0 Å². The molecule has 0 atom stereocenters. The minimum Gasteiger partial charge on any atom is -0.317 e. The monoisotopic (exact) mass is 325 g/mol. The quantitative estimate of drug-likeness (QED) is 0.876. The first kappa shape index (κ1) is 13.7. The molecule has 0 aliphatic rings. The third kappa shape index (κ3) is 2.98. The van der Waals surface area contributed by atoms with E-state index in [1.165, 1.54) is 0 Å². The highest BCUT2D eigenvalue weighted by Crippen LogP contribution is 2.24. The Labute approximate surface area is 117 Å². The number of amides is 1. The van der Waals surface area contributed by atoms with Crippen LogP contribution in [0, 0.1) is 18.6 Å². The molecule has 0 fully saturated rings. The molecule has 0 aliphatic carbocycles. The third-order valence-corrected chi connectivity index (χ3v) is 3.09. The smallest absolute Gasteiger partial charge is 0.256 e. The van der Waals surface area contributed by atoms with Crippen molar-refractivity contribution in [2.45, 2.75) is 6.92 Å². The zero-order valence-electron chi connectivity index (χ0n) is 10.0. The summed E-state index contributed by atoms with van der Waals surface area (Å²) in [7, 11) is 0. The normalized spacial score (nSPS) is 10.3. The molecule has 0 bridgehead atoms. The molecular weight excluding hydrogens is 316 g/mol. The first-order chi connectivity index (χ1) is 8.99. The molecule has 0 unspecified atom stereocenters. The average Bonchev–Trinajstić information content (AvgIpc) is 2.34. The predicted molar refractivity (Wildman–Crippen MR) is 73.2 cm³/mol. The second-order valence-corrected chi connectivity index (χ2v) is 4.93. The van der Waals surface area contributed by atoms with E-state index >= 15 is 0 Å². The van der Waals surface area contributed by atoms with Crippen LogP contribution in [-0.2, 0) is 0 Å². The number of nitrogens with one attached hydrogen (secondary N) is 1. The molecule has 1 amide bonds. The van der Waals surface area contributed by atoms with Crippen molar-refractivity contribution in [3.63, 3.8) is 0 Å². The Kier molecular flexibility index (Phi) is 3.95. The Balaban J connectivity index is 2.32. The van der Waals surface area contributed by atoms with Gasteiger partial charge in [-0.3, -0.25) is 4.79 Å². The fourth-order valence-corrected chi connectivity index (χ4v) is 2.07. The summed E-state index contributed by atoms with van der Waals surface area (Å²) in [6, 6.07) is 9.01. The van der Waals surface area contributed by atoms with Crippen LogP contribution in [-0.4, -0.2) is 5.91 Å². The van der Waals surface area contributed by atoms with Gasteiger partial charge in [0.1, 0.15) is 5.69 Å². The molecular formula is C14H10BrF2NO. The van der Waals surface area contributed by atoms with Gasteiger partial charge in [-0.05, 0) is 30.7 Å². The predicted octanol–water partition coefficient (Wildman–Crippen LogP) is 4.29. The summed E-state index contributed by atoms with van der Waals surface area (Å²) in [5.41, 5.74) is 0.665. The molecule has 2 aromatic rings. The van der Waals surface area contributed by atoms with Crippen molar-refractivity contribution in [1.82, 2.24) is 0 Å². The highest BCUT2D eigenvalue weighted by molar-refractivity contribution is 9.10. The maximum Gasteiger partial charge on any atom is 0.256 e. The van der Waals surface area contributed by atoms with Crippen LogP contribution in [0.15, 0.2) is 40.9 Å². The number of aryl methyl sites for hydroxylation is 1. The molecule has 5 heteroatoms. The first-order valence-corrected chi connectivity index (χ1v) is 6.30. The largest absolute Gasteiger partial charge is 0.317 e. The highest BCUT2D eigenvalue weighted by atomic mass is 79.9. The number of anilines is 1. The summed E-state index contributed by atoms with van der Waals surface area (Å²) in [6.07, 6.45) is 0. The standard InChI is InChI=1S/C14H10BrF2NO/c1-8-4-2-3-5-10(8)14(19)18-13-11(16)6-9(15)7-12(13)17/h2-7H,1H3,(H,18,19). The van der Waals surface area contributed by atoms with Gasteiger partial charge < -0.3 is 5.32 Å². The van der Waals surface area contributed by atoms with E-state index in [-0.39, 0.29) is 4.47 Å². The van der Waals surface area contributed by atoms with Crippen molar-refractivity contribution in [1.29, 1.82) is 0 Å². The minimum absolute atomic E-state index is 0.274. The van der Waals surface area contributed by atoms with Gasteiger partial charge in [-0.1, -0.05) is 34.1 Å². The summed E-state index contributed by atoms with van der Waals surface area (Å²) < 4.78 is 27.5. The number of rotatable bonds is 2. The molecule has 0 spiro atoms. The van der Waals surface area contributed by atoms with Crippen LogP contribution in [0.25, 0.3) is 0 Å². The van der Waals surface area contributed by atoms with Crippen molar-refractivity contribution in [2.24, 2.45) is 0 Å². The second-order valence-electron chi connectivity index (χ2n) is 4.01. The van der Waals surface area contributed by atoms with Gasteiger partial charge in [0.2, 0.25) is 0 Å². The Bertz CT molecular complexity index is 620. The summed E-state index contributed by atoms with van der Waals surface area (Å²) >= 11 is 2.98. The summed E-state index contributed by atoms with van der Waals surface area (Å²) in [6.45, 7) is 1.75. The SMILES string of the molecule is Cc1ccccc1C(=O)Nc1c(F)cc(Br)cc1F. The lowest BCUT2D eigenvalue weighted by atomic mass is 10.1. The molecule has 2 aromatic carbocycles. The lowest BCUT2D eigenvalue weighted by molar-refractivity contribution is 0.102. The van der Waals surface area contributed by atoms with Gasteiger partial charge in [0.15, 0.2) is 11.6 Å². The van der Waals surface area contributed by atoms with Crippen LogP contribution in [0.3, 0.4) is 0 Å². The molecule has 2 rings (SSSR count). The van der Waals surface area contributed by atoms with Crippen molar-refractivity contribution in [3.8, 4) is 0 Å². The average molecular weight is 326 g/mol. The summed E-state index contributed by atoms with van der Waals surface area (Å²) in [4.78, 5) is 12.0. The fourth-order valence-electron chi connectivity index (χ4n) is 1.67. The van der Waals surface area contributed by atoms with Gasteiger partial charge in [0.25, 0.3) is 5.91 Å². The zero-order chi connectivity index (χ0) is 14.0. The molecule has 0 radical (unpaired) electrons. The second kappa shape index (κ2) is 5.48. The highest BCUT2D eigenvalue weighted by Gasteiger charge is 2.15. The van der Waals surface area contributed by atoms with Crippen LogP contribution in [0.5, 0.6) is 0 Å². The van der Waals surface area contributed by atoms with Gasteiger partial charge >= 0.3 is 0 Å². The van der Waals surface area contributed by atoms with Gasteiger partial charge in [-0.25, -0.2) is 8.78 Å². The lowest BCUT2D eigenvalue weighted by Crippen LogP contribution is -2.15. The van der Waals surface area contributed by atoms with Gasteiger partial charge in [0, 0.05) is 10.0 Å². The number of carbonyl (C=O) groups excluding carboxylic acids is 1. The Morgan fingerprint density at radius 3 is 2.32 bits per heavy atom. The summed E-state index contributed by atoms with van der Waals surface area (Å²) in [5, 5.41) is 2.25. The van der Waals surface area contributed by atoms with Gasteiger partial charge in [0.05, 0.1) is 0 Å². The van der Waals surface area contributed by atoms with E-state index in [1.54, 1.807) is 31.2 Å².